The molecule has 0 aliphatic carbocycles. The third-order valence-corrected chi connectivity index (χ3v) is 22.1. The molecule has 4 aliphatic heterocycles. The van der Waals surface area contributed by atoms with E-state index in [-0.39, 0.29) is 43.3 Å². The van der Waals surface area contributed by atoms with Gasteiger partial charge in [-0.25, -0.2) is 0 Å². The number of para-hydroxylation sites is 8. The standard InChI is InChI=1S/C74H48B2N4Se2/c1-7-23-51(24-8-1)77(52-25-9-2-10-26-52)57-39-41-59-49(43-57)45-67-71-73(59)81-69-48-70-64(47-63(69)75(71)61-35-19-21-37-65(61)79(67)55-31-15-5-16-32-55)76-62-36-20-22-38-66(62)80(56-33-17-6-18-34-56)68-46-50-44-58(40-42-60(50)74(82-70)72(68)76)78(53-27-11-3-12-28-53)54-29-13-4-14-30-54/h1-48H. The van der Waals surface area contributed by atoms with Crippen LogP contribution in [0.3, 0.4) is 0 Å². The molecule has 82 heavy (non-hydrogen) atoms. The van der Waals surface area contributed by atoms with E-state index in [4.69, 9.17) is 0 Å². The molecule has 17 rings (SSSR count). The van der Waals surface area contributed by atoms with Crippen molar-refractivity contribution in [3.63, 3.8) is 0 Å². The molecule has 0 radical (unpaired) electrons. The van der Waals surface area contributed by atoms with E-state index in [0.29, 0.717) is 0 Å². The number of nitrogens with zero attached hydrogens (tertiary/aromatic N) is 4. The predicted octanol–water partition coefficient (Wildman–Crippen LogP) is 11.5. The molecule has 4 heterocycles. The number of hydrogen-bond donors (Lipinski definition) is 0. The van der Waals surface area contributed by atoms with Crippen LogP contribution in [0, 0.1) is 0 Å². The molecule has 0 unspecified atom stereocenters. The first-order valence-corrected chi connectivity index (χ1v) is 31.6. The van der Waals surface area contributed by atoms with Gasteiger partial charge in [-0.3, -0.25) is 0 Å². The van der Waals surface area contributed by atoms with Gasteiger partial charge in [-0.2, -0.15) is 0 Å². The van der Waals surface area contributed by atoms with Crippen LogP contribution in [0.1, 0.15) is 0 Å². The number of fused-ring (bicyclic) bond motifs is 12. The number of benzene rings is 13. The van der Waals surface area contributed by atoms with Gasteiger partial charge in [-0.15, -0.1) is 0 Å². The number of anilines is 12. The average Bonchev–Trinajstić information content (AvgIpc) is 1.31. The van der Waals surface area contributed by atoms with Crippen molar-refractivity contribution >= 4 is 184 Å². The molecule has 0 saturated carbocycles. The Bertz CT molecular complexity index is 4290. The summed E-state index contributed by atoms with van der Waals surface area (Å²) in [5.41, 5.74) is 22.7. The van der Waals surface area contributed by atoms with Crippen molar-refractivity contribution in [2.45, 2.75) is 0 Å². The van der Waals surface area contributed by atoms with E-state index in [9.17, 15) is 0 Å². The van der Waals surface area contributed by atoms with E-state index in [1.807, 2.05) is 0 Å². The molecule has 0 amide bonds. The Balaban J connectivity index is 0.891. The van der Waals surface area contributed by atoms with Gasteiger partial charge in [0.05, 0.1) is 0 Å². The van der Waals surface area contributed by atoms with Crippen LogP contribution in [0.25, 0.3) is 21.5 Å². The van der Waals surface area contributed by atoms with Crippen molar-refractivity contribution in [2.24, 2.45) is 0 Å². The second-order valence-electron chi connectivity index (χ2n) is 21.6. The van der Waals surface area contributed by atoms with Crippen molar-refractivity contribution in [3.8, 4) is 0 Å². The molecule has 13 aromatic carbocycles. The van der Waals surface area contributed by atoms with Gasteiger partial charge >= 0.3 is 495 Å². The molecular weight excluding hydrogens is 1120 g/mol. The summed E-state index contributed by atoms with van der Waals surface area (Å²) in [6.07, 6.45) is 0. The first-order valence-electron chi connectivity index (χ1n) is 28.1. The zero-order chi connectivity index (χ0) is 53.8. The first kappa shape index (κ1) is 47.5. The molecule has 0 N–H and O–H groups in total. The summed E-state index contributed by atoms with van der Waals surface area (Å²) in [4.78, 5) is 9.90. The topological polar surface area (TPSA) is 13.0 Å². The van der Waals surface area contributed by atoms with Gasteiger partial charge in [0.2, 0.25) is 0 Å². The van der Waals surface area contributed by atoms with Crippen LogP contribution in [0.5, 0.6) is 0 Å². The van der Waals surface area contributed by atoms with Crippen LogP contribution in [0.2, 0.25) is 0 Å². The third-order valence-electron chi connectivity index (χ3n) is 17.0. The summed E-state index contributed by atoms with van der Waals surface area (Å²) in [6.45, 7) is 0.0954. The fraction of sp³-hybridized carbons (Fsp3) is 0. The monoisotopic (exact) mass is 1170 g/mol. The molecular formula is C74H48B2N4Se2. The van der Waals surface area contributed by atoms with Crippen LogP contribution in [-0.4, -0.2) is 43.3 Å². The van der Waals surface area contributed by atoms with Gasteiger partial charge < -0.3 is 0 Å². The number of hydrogen-bond acceptors (Lipinski definition) is 4. The maximum absolute atomic E-state index is 2.71. The van der Waals surface area contributed by atoms with Crippen molar-refractivity contribution in [2.75, 3.05) is 19.6 Å². The molecule has 0 atom stereocenters. The molecule has 4 aliphatic rings. The van der Waals surface area contributed by atoms with E-state index in [2.05, 4.69) is 311 Å². The molecule has 8 heteroatoms. The zero-order valence-corrected chi connectivity index (χ0v) is 47.9. The SMILES string of the molecule is c1ccc(N(c2ccccc2)c2ccc3c4c5c(cc3c2)N(c2ccccc2)c2ccccc2B5c2cc3c(cc2[Se]4)[Se]c2c4c(cc5cc(N(c6ccccc6)c6ccccc6)ccc25)N(c2ccccc2)c2ccccc2B34)cc1. The van der Waals surface area contributed by atoms with E-state index in [1.165, 1.54) is 106 Å². The van der Waals surface area contributed by atoms with Gasteiger partial charge in [-0.05, 0) is 0 Å². The minimum absolute atomic E-state index is 0.0126. The van der Waals surface area contributed by atoms with Crippen molar-refractivity contribution in [1.82, 2.24) is 0 Å². The molecule has 0 spiro atoms. The maximum atomic E-state index is 2.71. The fourth-order valence-electron chi connectivity index (χ4n) is 13.6. The Hall–Kier alpha value is -9.25. The van der Waals surface area contributed by atoms with Crippen LogP contribution >= 0.6 is 0 Å². The third kappa shape index (κ3) is 7.46. The molecule has 0 fully saturated rings. The van der Waals surface area contributed by atoms with Crippen molar-refractivity contribution in [3.05, 3.63) is 291 Å². The van der Waals surface area contributed by atoms with Crippen LogP contribution in [0.15, 0.2) is 291 Å². The van der Waals surface area contributed by atoms with E-state index < -0.39 is 0 Å². The molecule has 4 nitrogen and oxygen atoms in total. The summed E-state index contributed by atoms with van der Waals surface area (Å²) in [7, 11) is 0. The van der Waals surface area contributed by atoms with Gasteiger partial charge in [0, 0.05) is 0 Å². The Morgan fingerprint density at radius 3 is 0.988 bits per heavy atom. The minimum atomic E-state index is -0.0126. The average molecular weight is 1170 g/mol. The Kier molecular flexibility index (Phi) is 11.1. The summed E-state index contributed by atoms with van der Waals surface area (Å²) < 4.78 is 5.96. The fourth-order valence-corrected chi connectivity index (χ4v) is 19.5. The number of rotatable bonds is 8. The summed E-state index contributed by atoms with van der Waals surface area (Å²) >= 11 is -0.0253. The Labute approximate surface area is 491 Å². The van der Waals surface area contributed by atoms with Crippen molar-refractivity contribution < 1.29 is 0 Å². The molecule has 382 valence electrons. The molecule has 0 saturated heterocycles. The quantitative estimate of drug-likeness (QED) is 0.141. The van der Waals surface area contributed by atoms with Gasteiger partial charge in [-0.1, -0.05) is 0 Å². The normalized spacial score (nSPS) is 13.2. The van der Waals surface area contributed by atoms with E-state index in [1.54, 1.807) is 0 Å². The van der Waals surface area contributed by atoms with E-state index >= 15 is 0 Å². The second-order valence-corrected chi connectivity index (χ2v) is 26.0. The van der Waals surface area contributed by atoms with Gasteiger partial charge in [0.15, 0.2) is 0 Å². The van der Waals surface area contributed by atoms with Gasteiger partial charge in [0.1, 0.15) is 0 Å². The second kappa shape index (κ2) is 19.2. The summed E-state index contributed by atoms with van der Waals surface area (Å²) in [5, 5.41) is 5.19. The van der Waals surface area contributed by atoms with Crippen LogP contribution in [-0.2, 0) is 0 Å². The molecule has 0 aromatic heterocycles. The summed E-state index contributed by atoms with van der Waals surface area (Å²) in [5.74, 6) is 0. The van der Waals surface area contributed by atoms with E-state index in [0.717, 1.165) is 34.1 Å². The predicted molar refractivity (Wildman–Crippen MR) is 352 cm³/mol. The first-order chi connectivity index (χ1) is 40.7. The zero-order valence-electron chi connectivity index (χ0n) is 44.5. The Morgan fingerprint density at radius 2 is 0.610 bits per heavy atom. The van der Waals surface area contributed by atoms with Crippen LogP contribution in [0.4, 0.5) is 68.2 Å². The van der Waals surface area contributed by atoms with Crippen molar-refractivity contribution in [1.29, 1.82) is 0 Å². The van der Waals surface area contributed by atoms with Crippen LogP contribution < -0.4 is 70.2 Å². The summed E-state index contributed by atoms with van der Waals surface area (Å²) in [6, 6.07) is 109. The molecule has 13 aromatic rings. The Morgan fingerprint density at radius 1 is 0.268 bits per heavy atom. The van der Waals surface area contributed by atoms with Gasteiger partial charge in [0.25, 0.3) is 0 Å². The molecule has 0 bridgehead atoms.